The molecule has 4 bridgehead atoms. The molecule has 5 aliphatic heterocycles. The van der Waals surface area contributed by atoms with E-state index in [2.05, 4.69) is 70.5 Å². The van der Waals surface area contributed by atoms with Gasteiger partial charge in [0.25, 0.3) is 5.91 Å². The largest absolute Gasteiger partial charge is 0.497 e. The van der Waals surface area contributed by atoms with Gasteiger partial charge in [0.1, 0.15) is 5.75 Å². The third-order valence-electron chi connectivity index (χ3n) is 9.46. The fourth-order valence-corrected chi connectivity index (χ4v) is 7.68. The Morgan fingerprint density at radius 1 is 0.821 bits per heavy atom. The van der Waals surface area contributed by atoms with Gasteiger partial charge >= 0.3 is 0 Å². The van der Waals surface area contributed by atoms with E-state index < -0.39 is 0 Å². The van der Waals surface area contributed by atoms with Crippen molar-refractivity contribution in [2.24, 2.45) is 0 Å². The van der Waals surface area contributed by atoms with Crippen molar-refractivity contribution in [1.29, 1.82) is 0 Å². The smallest absolute Gasteiger partial charge is 0.253 e. The number of benzene rings is 3. The van der Waals surface area contributed by atoms with E-state index in [9.17, 15) is 4.79 Å². The van der Waals surface area contributed by atoms with Gasteiger partial charge in [-0.3, -0.25) is 14.6 Å². The van der Waals surface area contributed by atoms with Crippen LogP contribution >= 0.6 is 0 Å². The molecule has 0 aromatic heterocycles. The number of rotatable bonds is 9. The van der Waals surface area contributed by atoms with Gasteiger partial charge in [-0.1, -0.05) is 54.6 Å². The van der Waals surface area contributed by atoms with Gasteiger partial charge in [0.2, 0.25) is 0 Å². The molecule has 3 aromatic carbocycles. The lowest BCUT2D eigenvalue weighted by atomic mass is 9.69. The number of piperidine rings is 4. The quantitative estimate of drug-likeness (QED) is 0.337. The molecule has 5 nitrogen and oxygen atoms in total. The van der Waals surface area contributed by atoms with Crippen LogP contribution in [0.3, 0.4) is 0 Å². The standard InChI is InChI=1S/C34H41N3O2/c1-4-35(5-2)34(38)26-16-14-25(15-17-26)33(27-12-9-13-28(22-27)39-3)37-31-20-18-29-32(37)21-19-30(31)36(29)23-24-10-7-6-8-11-24/h6-17,22,29-33H,4-5,18-21,23H2,1-3H3/t29?,30?,31-,32?,33?/m0/s1. The zero-order valence-corrected chi connectivity index (χ0v) is 23.5. The van der Waals surface area contributed by atoms with Gasteiger partial charge in [-0.2, -0.15) is 0 Å². The number of fused-ring (bicyclic) bond motifs is 2. The average molecular weight is 524 g/mol. The lowest BCUT2D eigenvalue weighted by Crippen LogP contribution is -2.75. The van der Waals surface area contributed by atoms with Crippen LogP contribution in [-0.4, -0.2) is 65.0 Å². The Labute approximate surface area is 233 Å². The number of amides is 1. The Hall–Kier alpha value is -3.15. The first-order valence-electron chi connectivity index (χ1n) is 14.7. The number of carbonyl (C=O) groups excluding carboxylic acids is 1. The Kier molecular flexibility index (Phi) is 7.46. The molecule has 204 valence electrons. The van der Waals surface area contributed by atoms with Gasteiger partial charge in [0.15, 0.2) is 0 Å². The normalized spacial score (nSPS) is 25.0. The number of carbonyl (C=O) groups is 1. The molecule has 0 saturated carbocycles. The predicted molar refractivity (Wildman–Crippen MR) is 156 cm³/mol. The van der Waals surface area contributed by atoms with Crippen LogP contribution in [-0.2, 0) is 6.54 Å². The summed E-state index contributed by atoms with van der Waals surface area (Å²) in [6, 6.07) is 30.4. The van der Waals surface area contributed by atoms with Crippen LogP contribution in [0.2, 0.25) is 0 Å². The summed E-state index contributed by atoms with van der Waals surface area (Å²) in [6.07, 6.45) is 5.04. The highest BCUT2D eigenvalue weighted by Gasteiger charge is 2.56. The van der Waals surface area contributed by atoms with Crippen LogP contribution in [0, 0.1) is 0 Å². The van der Waals surface area contributed by atoms with Crippen molar-refractivity contribution in [2.75, 3.05) is 20.2 Å². The second kappa shape index (κ2) is 11.1. The maximum atomic E-state index is 13.0. The summed E-state index contributed by atoms with van der Waals surface area (Å²) >= 11 is 0. The molecule has 39 heavy (non-hydrogen) atoms. The number of piperazine rings is 1. The molecule has 5 atom stereocenters. The topological polar surface area (TPSA) is 36.0 Å². The molecule has 0 spiro atoms. The van der Waals surface area contributed by atoms with Gasteiger partial charge in [-0.25, -0.2) is 0 Å². The van der Waals surface area contributed by atoms with E-state index in [1.54, 1.807) is 7.11 Å². The fraction of sp³-hybridized carbons (Fsp3) is 0.441. The van der Waals surface area contributed by atoms with E-state index in [-0.39, 0.29) is 11.9 Å². The third kappa shape index (κ3) is 4.76. The first-order valence-corrected chi connectivity index (χ1v) is 14.7. The van der Waals surface area contributed by atoms with E-state index >= 15 is 0 Å². The number of ether oxygens (including phenoxy) is 1. The Morgan fingerprint density at radius 2 is 1.46 bits per heavy atom. The van der Waals surface area contributed by atoms with Crippen molar-refractivity contribution in [3.63, 3.8) is 0 Å². The molecular formula is C34H41N3O2. The van der Waals surface area contributed by atoms with Gasteiger partial charge in [-0.05, 0) is 80.5 Å². The Balaban J connectivity index is 1.35. The molecule has 8 rings (SSSR count). The van der Waals surface area contributed by atoms with Crippen LogP contribution in [0.5, 0.6) is 5.75 Å². The van der Waals surface area contributed by atoms with Crippen molar-refractivity contribution in [3.05, 3.63) is 101 Å². The van der Waals surface area contributed by atoms with E-state index in [4.69, 9.17) is 4.74 Å². The van der Waals surface area contributed by atoms with E-state index in [0.29, 0.717) is 24.2 Å². The van der Waals surface area contributed by atoms with Crippen LogP contribution in [0.1, 0.15) is 72.6 Å². The summed E-state index contributed by atoms with van der Waals surface area (Å²) in [7, 11) is 1.74. The molecule has 0 radical (unpaired) electrons. The second-order valence-corrected chi connectivity index (χ2v) is 11.3. The van der Waals surface area contributed by atoms with Crippen LogP contribution in [0.15, 0.2) is 78.9 Å². The predicted octanol–water partition coefficient (Wildman–Crippen LogP) is 6.15. The summed E-state index contributed by atoms with van der Waals surface area (Å²) < 4.78 is 5.66. The molecule has 0 aliphatic carbocycles. The van der Waals surface area contributed by atoms with Crippen LogP contribution < -0.4 is 4.74 Å². The maximum absolute atomic E-state index is 13.0. The summed E-state index contributed by atoms with van der Waals surface area (Å²) in [4.78, 5) is 20.6. The molecule has 0 N–H and O–H groups in total. The number of hydrogen-bond donors (Lipinski definition) is 0. The average Bonchev–Trinajstić information content (AvgIpc) is 2.99. The molecule has 5 heteroatoms. The number of hydrogen-bond acceptors (Lipinski definition) is 4. The highest BCUT2D eigenvalue weighted by atomic mass is 16.5. The van der Waals surface area contributed by atoms with Crippen molar-refractivity contribution < 1.29 is 9.53 Å². The van der Waals surface area contributed by atoms with Crippen molar-refractivity contribution in [2.45, 2.75) is 76.3 Å². The molecule has 3 aromatic rings. The Morgan fingerprint density at radius 3 is 2.08 bits per heavy atom. The van der Waals surface area contributed by atoms with Gasteiger partial charge < -0.3 is 9.64 Å². The fourth-order valence-electron chi connectivity index (χ4n) is 7.68. The first-order chi connectivity index (χ1) is 19.1. The molecule has 5 aliphatic rings. The van der Waals surface area contributed by atoms with E-state index in [1.165, 1.54) is 42.4 Å². The van der Waals surface area contributed by atoms with Crippen molar-refractivity contribution in [3.8, 4) is 5.75 Å². The second-order valence-electron chi connectivity index (χ2n) is 11.3. The zero-order chi connectivity index (χ0) is 26.9. The van der Waals surface area contributed by atoms with E-state index in [0.717, 1.165) is 30.9 Å². The minimum atomic E-state index is 0.108. The minimum absolute atomic E-state index is 0.108. The summed E-state index contributed by atoms with van der Waals surface area (Å²) in [6.45, 7) is 6.57. The molecule has 4 unspecified atom stereocenters. The lowest BCUT2D eigenvalue weighted by molar-refractivity contribution is -0.159. The summed E-state index contributed by atoms with van der Waals surface area (Å²) in [5.74, 6) is 1.00. The monoisotopic (exact) mass is 523 g/mol. The molecular weight excluding hydrogens is 482 g/mol. The third-order valence-corrected chi connectivity index (χ3v) is 9.46. The first kappa shape index (κ1) is 26.1. The van der Waals surface area contributed by atoms with Crippen molar-refractivity contribution in [1.82, 2.24) is 14.7 Å². The SMILES string of the molecule is CCN(CC)C(=O)c1ccc(C(c2cccc(OC)c2)N2C3CCC4[C@@H]2CCC3N4Cc2ccccc2)cc1. The summed E-state index contributed by atoms with van der Waals surface area (Å²) in [5.41, 5.74) is 4.71. The van der Waals surface area contributed by atoms with Gasteiger partial charge in [-0.15, -0.1) is 0 Å². The van der Waals surface area contributed by atoms with Gasteiger partial charge in [0, 0.05) is 49.4 Å². The molecule has 1 amide bonds. The number of nitrogens with zero attached hydrogens (tertiary/aromatic N) is 3. The highest BCUT2D eigenvalue weighted by Crippen LogP contribution is 2.51. The molecule has 5 heterocycles. The maximum Gasteiger partial charge on any atom is 0.253 e. The van der Waals surface area contributed by atoms with Gasteiger partial charge in [0.05, 0.1) is 13.2 Å². The Bertz CT molecular complexity index is 1250. The molecule has 5 fully saturated rings. The molecule has 5 saturated heterocycles. The number of methoxy groups -OCH3 is 1. The van der Waals surface area contributed by atoms with E-state index in [1.807, 2.05) is 36.9 Å². The van der Waals surface area contributed by atoms with Crippen molar-refractivity contribution >= 4 is 5.91 Å². The minimum Gasteiger partial charge on any atom is -0.497 e. The lowest BCUT2D eigenvalue weighted by Gasteiger charge is -2.66. The van der Waals surface area contributed by atoms with Crippen LogP contribution in [0.25, 0.3) is 0 Å². The summed E-state index contributed by atoms with van der Waals surface area (Å²) in [5, 5.41) is 0. The highest BCUT2D eigenvalue weighted by molar-refractivity contribution is 5.94. The zero-order valence-electron chi connectivity index (χ0n) is 23.5. The van der Waals surface area contributed by atoms with Crippen LogP contribution in [0.4, 0.5) is 0 Å².